The predicted octanol–water partition coefficient (Wildman–Crippen LogP) is 3.24. The second-order valence-corrected chi connectivity index (χ2v) is 4.68. The van der Waals surface area contributed by atoms with Crippen LogP contribution in [0.2, 0.25) is 5.02 Å². The Morgan fingerprint density at radius 3 is 2.70 bits per heavy atom. The molecule has 20 heavy (non-hydrogen) atoms. The lowest BCUT2D eigenvalue weighted by molar-refractivity contribution is 0.0695. The van der Waals surface area contributed by atoms with Crippen LogP contribution in [-0.4, -0.2) is 17.7 Å². The summed E-state index contributed by atoms with van der Waals surface area (Å²) in [6, 6.07) is 11.9. The number of carboxylic acids is 1. The van der Waals surface area contributed by atoms with Crippen molar-refractivity contribution in [1.29, 1.82) is 0 Å². The molecule has 0 aliphatic rings. The summed E-state index contributed by atoms with van der Waals surface area (Å²) in [6.07, 6.45) is 0.491. The molecule has 0 aliphatic carbocycles. The zero-order valence-corrected chi connectivity index (χ0v) is 11.4. The Morgan fingerprint density at radius 1 is 1.25 bits per heavy atom. The van der Waals surface area contributed by atoms with E-state index in [0.29, 0.717) is 35.1 Å². The van der Waals surface area contributed by atoms with Crippen molar-refractivity contribution in [3.8, 4) is 5.75 Å². The van der Waals surface area contributed by atoms with Crippen LogP contribution in [0.3, 0.4) is 0 Å². The highest BCUT2D eigenvalue weighted by Gasteiger charge is 2.09. The Bertz CT molecular complexity index is 628. The van der Waals surface area contributed by atoms with Gasteiger partial charge < -0.3 is 15.6 Å². The number of ether oxygens (including phenoxy) is 1. The van der Waals surface area contributed by atoms with Gasteiger partial charge in [-0.2, -0.15) is 0 Å². The molecule has 2 aromatic rings. The number of aromatic carboxylic acids is 1. The standard InChI is InChI=1S/C15H14ClNO3/c16-11-5-6-14(13(17)9-11)20-8-7-10-3-1-2-4-12(10)15(18)19/h1-6,9H,7-8,17H2,(H,18,19). The smallest absolute Gasteiger partial charge is 0.335 e. The van der Waals surface area contributed by atoms with Gasteiger partial charge >= 0.3 is 5.97 Å². The van der Waals surface area contributed by atoms with Crippen LogP contribution in [0.4, 0.5) is 5.69 Å². The first-order valence-electron chi connectivity index (χ1n) is 6.07. The Hall–Kier alpha value is -2.20. The molecule has 0 bridgehead atoms. The number of hydrogen-bond donors (Lipinski definition) is 2. The van der Waals surface area contributed by atoms with Crippen molar-refractivity contribution in [2.24, 2.45) is 0 Å². The van der Waals surface area contributed by atoms with E-state index in [9.17, 15) is 4.79 Å². The van der Waals surface area contributed by atoms with E-state index in [1.54, 1.807) is 42.5 Å². The molecule has 0 spiro atoms. The number of nitrogen functional groups attached to an aromatic ring is 1. The Morgan fingerprint density at radius 2 is 2.00 bits per heavy atom. The van der Waals surface area contributed by atoms with Crippen molar-refractivity contribution in [3.63, 3.8) is 0 Å². The molecule has 0 saturated carbocycles. The van der Waals surface area contributed by atoms with E-state index in [2.05, 4.69) is 0 Å². The third-order valence-corrected chi connectivity index (χ3v) is 3.08. The first-order valence-corrected chi connectivity index (χ1v) is 6.45. The van der Waals surface area contributed by atoms with Crippen LogP contribution in [0, 0.1) is 0 Å². The topological polar surface area (TPSA) is 72.5 Å². The van der Waals surface area contributed by atoms with Crippen molar-refractivity contribution in [1.82, 2.24) is 0 Å². The molecule has 0 heterocycles. The molecule has 4 nitrogen and oxygen atoms in total. The molecular weight excluding hydrogens is 278 g/mol. The lowest BCUT2D eigenvalue weighted by Gasteiger charge is -2.10. The molecule has 0 amide bonds. The number of carbonyl (C=O) groups is 1. The van der Waals surface area contributed by atoms with Gasteiger partial charge in [0.25, 0.3) is 0 Å². The highest BCUT2D eigenvalue weighted by atomic mass is 35.5. The van der Waals surface area contributed by atoms with Gasteiger partial charge in [0.2, 0.25) is 0 Å². The average molecular weight is 292 g/mol. The van der Waals surface area contributed by atoms with Crippen molar-refractivity contribution < 1.29 is 14.6 Å². The summed E-state index contributed by atoms with van der Waals surface area (Å²) in [6.45, 7) is 0.343. The molecule has 3 N–H and O–H groups in total. The fraction of sp³-hybridized carbons (Fsp3) is 0.133. The van der Waals surface area contributed by atoms with Crippen molar-refractivity contribution in [2.45, 2.75) is 6.42 Å². The number of carboxylic acid groups (broad SMARTS) is 1. The van der Waals surface area contributed by atoms with Crippen LogP contribution in [0.1, 0.15) is 15.9 Å². The van der Waals surface area contributed by atoms with E-state index in [1.807, 2.05) is 0 Å². The van der Waals surface area contributed by atoms with Crippen LogP contribution in [0.25, 0.3) is 0 Å². The maximum absolute atomic E-state index is 11.1. The van der Waals surface area contributed by atoms with E-state index >= 15 is 0 Å². The molecule has 0 radical (unpaired) electrons. The molecule has 104 valence electrons. The van der Waals surface area contributed by atoms with Crippen molar-refractivity contribution >= 4 is 23.3 Å². The quantitative estimate of drug-likeness (QED) is 0.830. The largest absolute Gasteiger partial charge is 0.491 e. The number of rotatable bonds is 5. The lowest BCUT2D eigenvalue weighted by atomic mass is 10.1. The maximum atomic E-state index is 11.1. The molecule has 2 aromatic carbocycles. The molecular formula is C15H14ClNO3. The van der Waals surface area contributed by atoms with Gasteiger partial charge in [-0.25, -0.2) is 4.79 Å². The highest BCUT2D eigenvalue weighted by Crippen LogP contribution is 2.25. The fourth-order valence-electron chi connectivity index (χ4n) is 1.87. The van der Waals surface area contributed by atoms with Gasteiger partial charge in [0.05, 0.1) is 17.9 Å². The van der Waals surface area contributed by atoms with Crippen LogP contribution >= 0.6 is 11.6 Å². The fourth-order valence-corrected chi connectivity index (χ4v) is 2.05. The van der Waals surface area contributed by atoms with Gasteiger partial charge in [0.1, 0.15) is 5.75 Å². The Kier molecular flexibility index (Phi) is 4.48. The van der Waals surface area contributed by atoms with Gasteiger partial charge in [-0.05, 0) is 29.8 Å². The molecule has 0 fully saturated rings. The second kappa shape index (κ2) is 6.30. The highest BCUT2D eigenvalue weighted by molar-refractivity contribution is 6.30. The first kappa shape index (κ1) is 14.2. The van der Waals surface area contributed by atoms with E-state index in [-0.39, 0.29) is 0 Å². The summed E-state index contributed by atoms with van der Waals surface area (Å²) in [4.78, 5) is 11.1. The minimum Gasteiger partial charge on any atom is -0.491 e. The van der Waals surface area contributed by atoms with Gasteiger partial charge in [-0.15, -0.1) is 0 Å². The molecule has 0 aromatic heterocycles. The van der Waals surface area contributed by atoms with E-state index < -0.39 is 5.97 Å². The van der Waals surface area contributed by atoms with Crippen molar-refractivity contribution in [2.75, 3.05) is 12.3 Å². The first-order chi connectivity index (χ1) is 9.58. The summed E-state index contributed by atoms with van der Waals surface area (Å²) in [5.41, 5.74) is 7.26. The molecule has 2 rings (SSSR count). The maximum Gasteiger partial charge on any atom is 0.335 e. The third kappa shape index (κ3) is 3.42. The number of nitrogens with two attached hydrogens (primary N) is 1. The Labute approximate surface area is 121 Å². The minimum absolute atomic E-state index is 0.292. The lowest BCUT2D eigenvalue weighted by Crippen LogP contribution is -2.08. The minimum atomic E-state index is -0.938. The number of anilines is 1. The zero-order chi connectivity index (χ0) is 14.5. The summed E-state index contributed by atoms with van der Waals surface area (Å²) in [7, 11) is 0. The molecule has 0 atom stereocenters. The van der Waals surface area contributed by atoms with Gasteiger partial charge in [-0.3, -0.25) is 0 Å². The van der Waals surface area contributed by atoms with Gasteiger partial charge in [0, 0.05) is 11.4 Å². The Balaban J connectivity index is 2.01. The van der Waals surface area contributed by atoms with E-state index in [0.717, 1.165) is 5.56 Å². The van der Waals surface area contributed by atoms with Crippen LogP contribution in [0.5, 0.6) is 5.75 Å². The van der Waals surface area contributed by atoms with Crippen molar-refractivity contribution in [3.05, 3.63) is 58.6 Å². The molecule has 5 heteroatoms. The monoisotopic (exact) mass is 291 g/mol. The molecule has 0 saturated heterocycles. The third-order valence-electron chi connectivity index (χ3n) is 2.85. The predicted molar refractivity (Wildman–Crippen MR) is 78.5 cm³/mol. The molecule has 0 aliphatic heterocycles. The SMILES string of the molecule is Nc1cc(Cl)ccc1OCCc1ccccc1C(=O)O. The van der Waals surface area contributed by atoms with Gasteiger partial charge in [0.15, 0.2) is 0 Å². The average Bonchev–Trinajstić information content (AvgIpc) is 2.41. The summed E-state index contributed by atoms with van der Waals surface area (Å²) in [5, 5.41) is 9.63. The zero-order valence-electron chi connectivity index (χ0n) is 10.7. The van der Waals surface area contributed by atoms with Crippen LogP contribution in [0.15, 0.2) is 42.5 Å². The number of halogens is 1. The number of benzene rings is 2. The van der Waals surface area contributed by atoms with Crippen LogP contribution in [-0.2, 0) is 6.42 Å². The van der Waals surface area contributed by atoms with Gasteiger partial charge in [-0.1, -0.05) is 29.8 Å². The normalized spacial score (nSPS) is 10.2. The summed E-state index contributed by atoms with van der Waals surface area (Å²) >= 11 is 5.80. The van der Waals surface area contributed by atoms with Crippen LogP contribution < -0.4 is 10.5 Å². The summed E-state index contributed by atoms with van der Waals surface area (Å²) in [5.74, 6) is -0.395. The summed E-state index contributed by atoms with van der Waals surface area (Å²) < 4.78 is 5.55. The molecule has 0 unspecified atom stereocenters. The van der Waals surface area contributed by atoms with E-state index in [4.69, 9.17) is 27.2 Å². The van der Waals surface area contributed by atoms with E-state index in [1.165, 1.54) is 0 Å². The second-order valence-electron chi connectivity index (χ2n) is 4.24. The number of hydrogen-bond acceptors (Lipinski definition) is 3.